The fraction of sp³-hybridized carbons (Fsp3) is 0. The Morgan fingerprint density at radius 2 is 1.55 bits per heavy atom. The SMILES string of the molecule is Fc1ccc(-c2sc(Br)c(Br)c2-c2ccncc2)cc1. The summed E-state index contributed by atoms with van der Waals surface area (Å²) in [5.41, 5.74) is 3.17. The van der Waals surface area contributed by atoms with Crippen LogP contribution in [-0.2, 0) is 0 Å². The number of aromatic nitrogens is 1. The van der Waals surface area contributed by atoms with Crippen LogP contribution >= 0.6 is 43.2 Å². The first kappa shape index (κ1) is 13.9. The van der Waals surface area contributed by atoms with Crippen LogP contribution in [0.25, 0.3) is 21.6 Å². The zero-order valence-electron chi connectivity index (χ0n) is 10.1. The highest BCUT2D eigenvalue weighted by molar-refractivity contribution is 9.13. The first-order valence-electron chi connectivity index (χ1n) is 5.81. The summed E-state index contributed by atoms with van der Waals surface area (Å²) in [6, 6.07) is 10.5. The molecule has 100 valence electrons. The van der Waals surface area contributed by atoms with Crippen LogP contribution in [0.2, 0.25) is 0 Å². The number of thiophene rings is 1. The normalized spacial score (nSPS) is 10.8. The van der Waals surface area contributed by atoms with Crippen LogP contribution in [0.5, 0.6) is 0 Å². The quantitative estimate of drug-likeness (QED) is 0.492. The van der Waals surface area contributed by atoms with Gasteiger partial charge in [-0.15, -0.1) is 11.3 Å². The van der Waals surface area contributed by atoms with Gasteiger partial charge in [0.1, 0.15) is 5.82 Å². The van der Waals surface area contributed by atoms with E-state index < -0.39 is 0 Å². The van der Waals surface area contributed by atoms with Crippen LogP contribution in [0.15, 0.2) is 57.1 Å². The lowest BCUT2D eigenvalue weighted by Crippen LogP contribution is -1.82. The van der Waals surface area contributed by atoms with Crippen molar-refractivity contribution in [1.29, 1.82) is 0 Å². The number of nitrogens with zero attached hydrogens (tertiary/aromatic N) is 1. The molecule has 0 aliphatic carbocycles. The molecule has 0 atom stereocenters. The van der Waals surface area contributed by atoms with E-state index in [-0.39, 0.29) is 5.82 Å². The molecule has 0 fully saturated rings. The van der Waals surface area contributed by atoms with Crippen molar-refractivity contribution in [2.45, 2.75) is 0 Å². The van der Waals surface area contributed by atoms with Crippen molar-refractivity contribution in [3.8, 4) is 21.6 Å². The van der Waals surface area contributed by atoms with Gasteiger partial charge < -0.3 is 0 Å². The van der Waals surface area contributed by atoms with Gasteiger partial charge in [-0.3, -0.25) is 4.98 Å². The zero-order valence-corrected chi connectivity index (χ0v) is 14.1. The summed E-state index contributed by atoms with van der Waals surface area (Å²) < 4.78 is 15.1. The Labute approximate surface area is 136 Å². The molecular weight excluding hydrogens is 405 g/mol. The number of hydrogen-bond donors (Lipinski definition) is 0. The standard InChI is InChI=1S/C15H8Br2FNS/c16-13-12(9-5-7-19-8-6-9)14(20-15(13)17)10-1-3-11(18)4-2-10/h1-8H. The molecule has 3 rings (SSSR count). The molecule has 0 amide bonds. The lowest BCUT2D eigenvalue weighted by molar-refractivity contribution is 0.628. The van der Waals surface area contributed by atoms with Gasteiger partial charge in [-0.25, -0.2) is 4.39 Å². The molecule has 0 saturated heterocycles. The molecule has 1 nitrogen and oxygen atoms in total. The van der Waals surface area contributed by atoms with Gasteiger partial charge in [0.25, 0.3) is 0 Å². The summed E-state index contributed by atoms with van der Waals surface area (Å²) in [6.45, 7) is 0. The minimum Gasteiger partial charge on any atom is -0.265 e. The summed E-state index contributed by atoms with van der Waals surface area (Å²) in [5, 5.41) is 0. The Morgan fingerprint density at radius 3 is 2.20 bits per heavy atom. The van der Waals surface area contributed by atoms with E-state index in [4.69, 9.17) is 0 Å². The number of pyridine rings is 1. The molecule has 0 aliphatic heterocycles. The monoisotopic (exact) mass is 411 g/mol. The zero-order chi connectivity index (χ0) is 14.1. The molecule has 1 aromatic carbocycles. The van der Waals surface area contributed by atoms with Crippen LogP contribution in [0, 0.1) is 5.82 Å². The summed E-state index contributed by atoms with van der Waals surface area (Å²) >= 11 is 8.80. The van der Waals surface area contributed by atoms with Crippen molar-refractivity contribution in [3.63, 3.8) is 0 Å². The van der Waals surface area contributed by atoms with E-state index in [1.54, 1.807) is 35.9 Å². The van der Waals surface area contributed by atoms with Crippen molar-refractivity contribution in [2.75, 3.05) is 0 Å². The molecule has 5 heteroatoms. The average molecular weight is 413 g/mol. The highest BCUT2D eigenvalue weighted by atomic mass is 79.9. The summed E-state index contributed by atoms with van der Waals surface area (Å²) in [4.78, 5) is 5.14. The summed E-state index contributed by atoms with van der Waals surface area (Å²) in [6.07, 6.45) is 3.53. The van der Waals surface area contributed by atoms with Gasteiger partial charge in [-0.2, -0.15) is 0 Å². The molecule has 20 heavy (non-hydrogen) atoms. The van der Waals surface area contributed by atoms with Gasteiger partial charge in [0.15, 0.2) is 0 Å². The molecule has 0 saturated carbocycles. The van der Waals surface area contributed by atoms with E-state index in [1.165, 1.54) is 12.1 Å². The molecule has 3 aromatic rings. The number of halogens is 3. The molecule has 0 spiro atoms. The minimum atomic E-state index is -0.228. The Bertz CT molecular complexity index is 739. The van der Waals surface area contributed by atoms with Crippen LogP contribution in [-0.4, -0.2) is 4.98 Å². The van der Waals surface area contributed by atoms with Gasteiger partial charge in [-0.05, 0) is 67.3 Å². The third-order valence-electron chi connectivity index (χ3n) is 2.89. The van der Waals surface area contributed by atoms with E-state index in [0.29, 0.717) is 0 Å². The van der Waals surface area contributed by atoms with Gasteiger partial charge in [-0.1, -0.05) is 12.1 Å². The van der Waals surface area contributed by atoms with Crippen LogP contribution in [0.3, 0.4) is 0 Å². The lowest BCUT2D eigenvalue weighted by atomic mass is 10.0. The molecule has 0 N–H and O–H groups in total. The average Bonchev–Trinajstić information content (AvgIpc) is 2.77. The second-order valence-corrected chi connectivity index (χ2v) is 7.27. The molecular formula is C15H8Br2FNS. The first-order chi connectivity index (χ1) is 9.66. The number of benzene rings is 1. The van der Waals surface area contributed by atoms with Gasteiger partial charge in [0.05, 0.1) is 8.26 Å². The predicted octanol–water partition coefficient (Wildman–Crippen LogP) is 6.14. The predicted molar refractivity (Wildman–Crippen MR) is 88.3 cm³/mol. The van der Waals surface area contributed by atoms with E-state index >= 15 is 0 Å². The maximum atomic E-state index is 13.1. The number of hydrogen-bond acceptors (Lipinski definition) is 2. The fourth-order valence-corrected chi connectivity index (χ4v) is 4.40. The van der Waals surface area contributed by atoms with E-state index in [1.807, 2.05) is 12.1 Å². The van der Waals surface area contributed by atoms with Crippen LogP contribution in [0.4, 0.5) is 4.39 Å². The van der Waals surface area contributed by atoms with Crippen LogP contribution in [0.1, 0.15) is 0 Å². The second-order valence-electron chi connectivity index (χ2n) is 4.14. The highest BCUT2D eigenvalue weighted by Gasteiger charge is 2.17. The lowest BCUT2D eigenvalue weighted by Gasteiger charge is -2.05. The second kappa shape index (κ2) is 5.76. The van der Waals surface area contributed by atoms with E-state index in [0.717, 1.165) is 29.8 Å². The maximum Gasteiger partial charge on any atom is 0.123 e. The van der Waals surface area contributed by atoms with Crippen molar-refractivity contribution < 1.29 is 4.39 Å². The summed E-state index contributed by atoms with van der Waals surface area (Å²) in [5.74, 6) is -0.228. The Hall–Kier alpha value is -1.04. The van der Waals surface area contributed by atoms with Gasteiger partial charge in [0, 0.05) is 22.8 Å². The van der Waals surface area contributed by atoms with Crippen LogP contribution < -0.4 is 0 Å². The van der Waals surface area contributed by atoms with Crippen molar-refractivity contribution in [3.05, 3.63) is 62.9 Å². The molecule has 0 bridgehead atoms. The Balaban J connectivity index is 2.22. The Morgan fingerprint density at radius 1 is 0.900 bits per heavy atom. The van der Waals surface area contributed by atoms with E-state index in [9.17, 15) is 4.39 Å². The molecule has 2 aromatic heterocycles. The number of rotatable bonds is 2. The topological polar surface area (TPSA) is 12.9 Å². The fourth-order valence-electron chi connectivity index (χ4n) is 1.96. The molecule has 0 aliphatic rings. The third kappa shape index (κ3) is 2.57. The minimum absolute atomic E-state index is 0.228. The van der Waals surface area contributed by atoms with Crippen molar-refractivity contribution in [1.82, 2.24) is 4.98 Å². The molecule has 2 heterocycles. The largest absolute Gasteiger partial charge is 0.265 e. The molecule has 0 radical (unpaired) electrons. The first-order valence-corrected chi connectivity index (χ1v) is 8.21. The Kier molecular flexibility index (Phi) is 4.01. The molecule has 0 unspecified atom stereocenters. The van der Waals surface area contributed by atoms with Gasteiger partial charge >= 0.3 is 0 Å². The summed E-state index contributed by atoms with van der Waals surface area (Å²) in [7, 11) is 0. The third-order valence-corrected chi connectivity index (χ3v) is 6.38. The highest BCUT2D eigenvalue weighted by Crippen LogP contribution is 2.48. The smallest absolute Gasteiger partial charge is 0.123 e. The van der Waals surface area contributed by atoms with Crippen molar-refractivity contribution in [2.24, 2.45) is 0 Å². The van der Waals surface area contributed by atoms with Gasteiger partial charge in [0.2, 0.25) is 0 Å². The van der Waals surface area contributed by atoms with Crippen molar-refractivity contribution >= 4 is 43.2 Å². The maximum absolute atomic E-state index is 13.1. The van der Waals surface area contributed by atoms with E-state index in [2.05, 4.69) is 36.8 Å².